The molecular formula is C29H32FN7O2. The quantitative estimate of drug-likeness (QED) is 0.318. The van der Waals surface area contributed by atoms with E-state index >= 15 is 0 Å². The van der Waals surface area contributed by atoms with Gasteiger partial charge in [0.05, 0.1) is 18.0 Å². The fraction of sp³-hybridized carbons (Fsp3) is 0.310. The molecule has 1 atom stereocenters. The topological polar surface area (TPSA) is 111 Å². The van der Waals surface area contributed by atoms with Crippen molar-refractivity contribution in [3.8, 4) is 22.8 Å². The van der Waals surface area contributed by atoms with Crippen LogP contribution >= 0.6 is 0 Å². The summed E-state index contributed by atoms with van der Waals surface area (Å²) >= 11 is 0. The lowest BCUT2D eigenvalue weighted by Gasteiger charge is -2.25. The Labute approximate surface area is 226 Å². The normalized spacial score (nSPS) is 16.2. The van der Waals surface area contributed by atoms with E-state index in [2.05, 4.69) is 15.3 Å². The van der Waals surface area contributed by atoms with Crippen molar-refractivity contribution in [2.24, 2.45) is 0 Å². The van der Waals surface area contributed by atoms with E-state index in [1.807, 2.05) is 68.4 Å². The minimum Gasteiger partial charge on any atom is -0.457 e. The molecular weight excluding hydrogens is 497 g/mol. The lowest BCUT2D eigenvalue weighted by Crippen LogP contribution is -2.40. The number of nitrogens with two attached hydrogens (primary N) is 1. The number of carbonyl (C=O) groups excluding carboxylic acids is 1. The first kappa shape index (κ1) is 26.3. The van der Waals surface area contributed by atoms with Gasteiger partial charge in [0, 0.05) is 17.6 Å². The van der Waals surface area contributed by atoms with Crippen LogP contribution in [0.1, 0.15) is 26.7 Å². The van der Waals surface area contributed by atoms with E-state index in [1.165, 1.54) is 12.4 Å². The van der Waals surface area contributed by atoms with Crippen LogP contribution in [0.25, 0.3) is 22.3 Å². The Morgan fingerprint density at radius 1 is 1.15 bits per heavy atom. The number of nitrogen functional groups attached to an aromatic ring is 1. The van der Waals surface area contributed by atoms with Crippen molar-refractivity contribution in [3.05, 3.63) is 72.8 Å². The summed E-state index contributed by atoms with van der Waals surface area (Å²) in [5, 5.41) is 8.47. The first-order valence-corrected chi connectivity index (χ1v) is 12.9. The Morgan fingerprint density at radius 2 is 1.87 bits per heavy atom. The molecule has 1 aliphatic heterocycles. The van der Waals surface area contributed by atoms with Crippen molar-refractivity contribution in [2.45, 2.75) is 44.8 Å². The number of hydrogen-bond acceptors (Lipinski definition) is 7. The molecule has 0 radical (unpaired) electrons. The van der Waals surface area contributed by atoms with E-state index in [1.54, 1.807) is 16.6 Å². The van der Waals surface area contributed by atoms with Crippen LogP contribution in [0.15, 0.2) is 72.8 Å². The molecule has 1 fully saturated rings. The number of hydrogen-bond donors (Lipinski definition) is 2. The molecule has 0 bridgehead atoms. The molecule has 39 heavy (non-hydrogen) atoms. The number of likely N-dealkylation sites (tertiary alicyclic amines) is 1. The highest BCUT2D eigenvalue weighted by atomic mass is 19.1. The van der Waals surface area contributed by atoms with Gasteiger partial charge < -0.3 is 20.7 Å². The summed E-state index contributed by atoms with van der Waals surface area (Å²) in [4.78, 5) is 23.2. The van der Waals surface area contributed by atoms with Crippen LogP contribution < -0.4 is 15.8 Å². The van der Waals surface area contributed by atoms with Crippen LogP contribution in [0.4, 0.5) is 10.2 Å². The molecule has 202 valence electrons. The van der Waals surface area contributed by atoms with E-state index in [0.717, 1.165) is 24.2 Å². The number of halogens is 1. The van der Waals surface area contributed by atoms with Crippen LogP contribution in [-0.2, 0) is 11.3 Å². The molecule has 3 N–H and O–H groups in total. The molecule has 2 aromatic heterocycles. The highest BCUT2D eigenvalue weighted by Crippen LogP contribution is 2.33. The van der Waals surface area contributed by atoms with Crippen molar-refractivity contribution in [1.29, 1.82) is 0 Å². The van der Waals surface area contributed by atoms with Crippen molar-refractivity contribution >= 4 is 22.8 Å². The van der Waals surface area contributed by atoms with Crippen LogP contribution in [0.5, 0.6) is 11.5 Å². The van der Waals surface area contributed by atoms with Crippen molar-refractivity contribution in [2.75, 3.05) is 19.3 Å². The third kappa shape index (κ3) is 5.61. The first-order chi connectivity index (χ1) is 18.8. The molecule has 1 saturated heterocycles. The standard InChI is InChI=1S/C29H32FN7O2/c1-29(2,32-3)16-23(30)28(38)36-15-7-8-20(36)17-37-27-24(26(31)33-18-34-27)25(35-37)19-11-13-22(14-12-19)39-21-9-5-4-6-10-21/h4-6,9-14,16,18,20,32H,7-8,15,17H2,1-3H3,(H2,31,33,34)/b23-16-/t20-/m1/s1. The second-order valence-electron chi connectivity index (χ2n) is 10.2. The molecule has 4 aromatic rings. The number of benzene rings is 2. The maximum atomic E-state index is 14.9. The van der Waals surface area contributed by atoms with Crippen LogP contribution in [0.3, 0.4) is 0 Å². The van der Waals surface area contributed by atoms with Gasteiger partial charge in [0.1, 0.15) is 29.3 Å². The maximum Gasteiger partial charge on any atom is 0.282 e. The Bertz CT molecular complexity index is 1500. The lowest BCUT2D eigenvalue weighted by molar-refractivity contribution is -0.129. The Morgan fingerprint density at radius 3 is 2.59 bits per heavy atom. The molecule has 1 amide bonds. The zero-order valence-corrected chi connectivity index (χ0v) is 22.3. The summed E-state index contributed by atoms with van der Waals surface area (Å²) < 4.78 is 22.6. The molecule has 9 nitrogen and oxygen atoms in total. The zero-order chi connectivity index (χ0) is 27.6. The number of amides is 1. The molecule has 1 aliphatic rings. The average molecular weight is 530 g/mol. The van der Waals surface area contributed by atoms with Gasteiger partial charge in [0.25, 0.3) is 5.91 Å². The highest BCUT2D eigenvalue weighted by molar-refractivity contribution is 5.98. The number of anilines is 1. The zero-order valence-electron chi connectivity index (χ0n) is 22.3. The van der Waals surface area contributed by atoms with Crippen LogP contribution in [0.2, 0.25) is 0 Å². The SMILES string of the molecule is CNC(C)(C)/C=C(\F)C(=O)N1CCC[C@@H]1Cn1nc(-c2ccc(Oc3ccccc3)cc2)c2c(N)ncnc21. The average Bonchev–Trinajstić information content (AvgIpc) is 3.55. The fourth-order valence-corrected chi connectivity index (χ4v) is 4.75. The summed E-state index contributed by atoms with van der Waals surface area (Å²) in [6.45, 7) is 4.46. The molecule has 3 heterocycles. The Hall–Kier alpha value is -4.31. The molecule has 0 saturated carbocycles. The molecule has 10 heteroatoms. The second kappa shape index (κ2) is 10.8. The molecule has 0 aliphatic carbocycles. The third-order valence-electron chi connectivity index (χ3n) is 7.02. The van der Waals surface area contributed by atoms with Crippen LogP contribution in [0, 0.1) is 0 Å². The van der Waals surface area contributed by atoms with Gasteiger partial charge in [-0.05, 0) is 76.2 Å². The summed E-state index contributed by atoms with van der Waals surface area (Å²) in [5.74, 6) is 0.370. The molecule has 2 aromatic carbocycles. The largest absolute Gasteiger partial charge is 0.457 e. The lowest BCUT2D eigenvalue weighted by atomic mass is 10.0. The van der Waals surface area contributed by atoms with Gasteiger partial charge in [-0.3, -0.25) is 4.79 Å². The predicted octanol–water partition coefficient (Wildman–Crippen LogP) is 4.71. The number of para-hydroxylation sites is 1. The first-order valence-electron chi connectivity index (χ1n) is 12.9. The van der Waals surface area contributed by atoms with E-state index in [4.69, 9.17) is 15.6 Å². The van der Waals surface area contributed by atoms with Gasteiger partial charge in [-0.2, -0.15) is 5.10 Å². The van der Waals surface area contributed by atoms with Gasteiger partial charge in [-0.25, -0.2) is 19.0 Å². The predicted molar refractivity (Wildman–Crippen MR) is 149 cm³/mol. The Balaban J connectivity index is 1.42. The number of carbonyl (C=O) groups is 1. The molecule has 5 rings (SSSR count). The van der Waals surface area contributed by atoms with Gasteiger partial charge in [-0.15, -0.1) is 0 Å². The summed E-state index contributed by atoms with van der Waals surface area (Å²) in [7, 11) is 1.73. The summed E-state index contributed by atoms with van der Waals surface area (Å²) in [5.41, 5.74) is 7.66. The van der Waals surface area contributed by atoms with E-state index in [9.17, 15) is 9.18 Å². The van der Waals surface area contributed by atoms with Crippen molar-refractivity contribution < 1.29 is 13.9 Å². The van der Waals surface area contributed by atoms with Crippen molar-refractivity contribution in [3.63, 3.8) is 0 Å². The smallest absolute Gasteiger partial charge is 0.282 e. The summed E-state index contributed by atoms with van der Waals surface area (Å²) in [6.07, 6.45) is 4.24. The number of ether oxygens (including phenoxy) is 1. The van der Waals surface area contributed by atoms with E-state index in [0.29, 0.717) is 41.4 Å². The number of rotatable bonds is 8. The fourth-order valence-electron chi connectivity index (χ4n) is 4.75. The number of nitrogens with one attached hydrogen (secondary N) is 1. The number of fused-ring (bicyclic) bond motifs is 1. The van der Waals surface area contributed by atoms with Gasteiger partial charge >= 0.3 is 0 Å². The molecule has 0 unspecified atom stereocenters. The highest BCUT2D eigenvalue weighted by Gasteiger charge is 2.33. The van der Waals surface area contributed by atoms with Crippen LogP contribution in [-0.4, -0.2) is 55.7 Å². The van der Waals surface area contributed by atoms with Crippen molar-refractivity contribution in [1.82, 2.24) is 30.0 Å². The minimum atomic E-state index is -0.767. The number of nitrogens with zero attached hydrogens (tertiary/aromatic N) is 5. The maximum absolute atomic E-state index is 14.9. The Kier molecular flexibility index (Phi) is 7.30. The second-order valence-corrected chi connectivity index (χ2v) is 10.2. The number of likely N-dealkylation sites (N-methyl/N-ethyl adjacent to an activating group) is 1. The monoisotopic (exact) mass is 529 g/mol. The van der Waals surface area contributed by atoms with E-state index < -0.39 is 17.3 Å². The molecule has 0 spiro atoms. The minimum absolute atomic E-state index is 0.233. The number of aromatic nitrogens is 4. The summed E-state index contributed by atoms with van der Waals surface area (Å²) in [6, 6.07) is 16.9. The van der Waals surface area contributed by atoms with Gasteiger partial charge in [0.15, 0.2) is 11.5 Å². The van der Waals surface area contributed by atoms with Gasteiger partial charge in [-0.1, -0.05) is 18.2 Å². The van der Waals surface area contributed by atoms with E-state index in [-0.39, 0.29) is 6.04 Å². The van der Waals surface area contributed by atoms with Gasteiger partial charge in [0.2, 0.25) is 0 Å². The third-order valence-corrected chi connectivity index (χ3v) is 7.02.